The standard InChI is InChI=1S/C14H19NO5/c1-5-13(17)20-10-9-15(3)8-6-7-12(11(2)16)14(18)19-4/h5-8H,1,9-10H2,2-4H3/b8-6+,12-7-. The lowest BCUT2D eigenvalue weighted by Gasteiger charge is -2.12. The molecule has 0 atom stereocenters. The Morgan fingerprint density at radius 3 is 2.45 bits per heavy atom. The number of likely N-dealkylation sites (N-methyl/N-ethyl adjacent to an activating group) is 1. The molecule has 0 radical (unpaired) electrons. The number of Topliss-reactive ketones (excluding diaryl/α,β-unsaturated/α-hetero) is 1. The van der Waals surface area contributed by atoms with Crippen LogP contribution in [0, 0.1) is 0 Å². The van der Waals surface area contributed by atoms with Crippen molar-refractivity contribution in [2.45, 2.75) is 6.92 Å². The number of nitrogens with zero attached hydrogens (tertiary/aromatic N) is 1. The van der Waals surface area contributed by atoms with Gasteiger partial charge in [-0.2, -0.15) is 0 Å². The molecule has 0 bridgehead atoms. The molecule has 0 aliphatic rings. The van der Waals surface area contributed by atoms with Crippen molar-refractivity contribution in [2.24, 2.45) is 0 Å². The number of esters is 2. The summed E-state index contributed by atoms with van der Waals surface area (Å²) in [5.41, 5.74) is -0.0322. The minimum Gasteiger partial charge on any atom is -0.465 e. The Hall–Kier alpha value is -2.37. The number of ketones is 1. The van der Waals surface area contributed by atoms with E-state index in [9.17, 15) is 14.4 Å². The van der Waals surface area contributed by atoms with Gasteiger partial charge in [-0.1, -0.05) is 6.58 Å². The molecule has 0 N–H and O–H groups in total. The molecule has 0 saturated heterocycles. The first kappa shape index (κ1) is 17.6. The summed E-state index contributed by atoms with van der Waals surface area (Å²) in [7, 11) is 2.97. The Kier molecular flexibility index (Phi) is 8.41. The van der Waals surface area contributed by atoms with Gasteiger partial charge in [0.25, 0.3) is 0 Å². The second-order valence-electron chi connectivity index (χ2n) is 3.82. The summed E-state index contributed by atoms with van der Waals surface area (Å²) in [6.07, 6.45) is 5.66. The van der Waals surface area contributed by atoms with E-state index in [1.54, 1.807) is 24.2 Å². The summed E-state index contributed by atoms with van der Waals surface area (Å²) in [5, 5.41) is 0. The molecule has 0 heterocycles. The lowest BCUT2D eigenvalue weighted by atomic mass is 10.2. The molecule has 0 aliphatic heterocycles. The van der Waals surface area contributed by atoms with Crippen LogP contribution in [0.3, 0.4) is 0 Å². The highest BCUT2D eigenvalue weighted by atomic mass is 16.5. The predicted octanol–water partition coefficient (Wildman–Crippen LogP) is 0.849. The Bertz CT molecular complexity index is 437. The molecule has 0 aromatic heterocycles. The Morgan fingerprint density at radius 1 is 1.30 bits per heavy atom. The van der Waals surface area contributed by atoms with Crippen LogP contribution in [0.2, 0.25) is 0 Å². The molecule has 0 aliphatic carbocycles. The number of hydrogen-bond donors (Lipinski definition) is 0. The first-order valence-electron chi connectivity index (χ1n) is 5.89. The molecule has 0 unspecified atom stereocenters. The highest BCUT2D eigenvalue weighted by Gasteiger charge is 2.12. The average molecular weight is 281 g/mol. The van der Waals surface area contributed by atoms with E-state index < -0.39 is 11.9 Å². The molecular weight excluding hydrogens is 262 g/mol. The predicted molar refractivity (Wildman–Crippen MR) is 73.7 cm³/mol. The van der Waals surface area contributed by atoms with Crippen LogP contribution in [0.4, 0.5) is 0 Å². The van der Waals surface area contributed by atoms with E-state index in [1.807, 2.05) is 0 Å². The van der Waals surface area contributed by atoms with Crippen molar-refractivity contribution in [3.8, 4) is 0 Å². The third-order valence-corrected chi connectivity index (χ3v) is 2.24. The van der Waals surface area contributed by atoms with E-state index in [4.69, 9.17) is 4.74 Å². The van der Waals surface area contributed by atoms with Crippen molar-refractivity contribution in [3.63, 3.8) is 0 Å². The molecule has 6 nitrogen and oxygen atoms in total. The Balaban J connectivity index is 4.39. The van der Waals surface area contributed by atoms with Crippen molar-refractivity contribution in [2.75, 3.05) is 27.3 Å². The zero-order valence-electron chi connectivity index (χ0n) is 11.9. The molecule has 0 saturated carbocycles. The van der Waals surface area contributed by atoms with Gasteiger partial charge in [0.05, 0.1) is 13.7 Å². The van der Waals surface area contributed by atoms with E-state index in [0.717, 1.165) is 6.08 Å². The minimum absolute atomic E-state index is 0.0322. The van der Waals surface area contributed by atoms with Gasteiger partial charge in [0.2, 0.25) is 0 Å². The van der Waals surface area contributed by atoms with Crippen molar-refractivity contribution in [3.05, 3.63) is 36.6 Å². The quantitative estimate of drug-likeness (QED) is 0.216. The maximum atomic E-state index is 11.3. The van der Waals surface area contributed by atoms with Crippen LogP contribution in [0.1, 0.15) is 6.92 Å². The van der Waals surface area contributed by atoms with Crippen molar-refractivity contribution in [1.82, 2.24) is 4.90 Å². The normalized spacial score (nSPS) is 11.1. The first-order chi connectivity index (χ1) is 9.42. The van der Waals surface area contributed by atoms with Crippen molar-refractivity contribution >= 4 is 17.7 Å². The van der Waals surface area contributed by atoms with Crippen molar-refractivity contribution in [1.29, 1.82) is 0 Å². The SMILES string of the molecule is C=CC(=O)OCCN(C)/C=C/C=C(/C(C)=O)C(=O)OC. The van der Waals surface area contributed by atoms with E-state index in [2.05, 4.69) is 11.3 Å². The Morgan fingerprint density at radius 2 is 1.95 bits per heavy atom. The monoisotopic (exact) mass is 281 g/mol. The lowest BCUT2D eigenvalue weighted by Crippen LogP contribution is -2.18. The third kappa shape index (κ3) is 7.15. The highest BCUT2D eigenvalue weighted by molar-refractivity contribution is 6.16. The fourth-order valence-corrected chi connectivity index (χ4v) is 1.15. The number of rotatable bonds is 8. The fourth-order valence-electron chi connectivity index (χ4n) is 1.15. The van der Waals surface area contributed by atoms with E-state index >= 15 is 0 Å². The zero-order chi connectivity index (χ0) is 15.5. The van der Waals surface area contributed by atoms with Gasteiger partial charge in [-0.3, -0.25) is 4.79 Å². The van der Waals surface area contributed by atoms with E-state index in [0.29, 0.717) is 6.54 Å². The summed E-state index contributed by atoms with van der Waals surface area (Å²) in [4.78, 5) is 35.0. The summed E-state index contributed by atoms with van der Waals surface area (Å²) in [6.45, 7) is 5.25. The van der Waals surface area contributed by atoms with Gasteiger partial charge < -0.3 is 14.4 Å². The molecule has 110 valence electrons. The number of allylic oxidation sites excluding steroid dienone is 2. The third-order valence-electron chi connectivity index (χ3n) is 2.24. The number of hydrogen-bond acceptors (Lipinski definition) is 6. The van der Waals surface area contributed by atoms with E-state index in [1.165, 1.54) is 20.1 Å². The van der Waals surface area contributed by atoms with Crippen LogP contribution in [0.15, 0.2) is 36.6 Å². The smallest absolute Gasteiger partial charge is 0.341 e. The molecule has 0 aromatic rings. The lowest BCUT2D eigenvalue weighted by molar-refractivity contribution is -0.138. The topological polar surface area (TPSA) is 72.9 Å². The molecule has 0 aromatic carbocycles. The Labute approximate surface area is 118 Å². The van der Waals surface area contributed by atoms with Gasteiger partial charge in [-0.05, 0) is 25.3 Å². The van der Waals surface area contributed by atoms with Gasteiger partial charge in [-0.25, -0.2) is 9.59 Å². The van der Waals surface area contributed by atoms with Gasteiger partial charge in [0.15, 0.2) is 5.78 Å². The fraction of sp³-hybridized carbons (Fsp3) is 0.357. The maximum absolute atomic E-state index is 11.3. The molecule has 0 amide bonds. The van der Waals surface area contributed by atoms with Gasteiger partial charge in [0.1, 0.15) is 12.2 Å². The summed E-state index contributed by atoms with van der Waals surface area (Å²) in [5.74, 6) is -1.53. The van der Waals surface area contributed by atoms with Crippen LogP contribution < -0.4 is 0 Å². The maximum Gasteiger partial charge on any atom is 0.341 e. The van der Waals surface area contributed by atoms with Crippen LogP contribution in [0.5, 0.6) is 0 Å². The number of methoxy groups -OCH3 is 1. The zero-order valence-corrected chi connectivity index (χ0v) is 11.9. The molecule has 0 rings (SSSR count). The highest BCUT2D eigenvalue weighted by Crippen LogP contribution is 2.00. The average Bonchev–Trinajstić information content (AvgIpc) is 2.42. The molecular formula is C14H19NO5. The van der Waals surface area contributed by atoms with Gasteiger partial charge >= 0.3 is 11.9 Å². The van der Waals surface area contributed by atoms with Gasteiger partial charge in [0, 0.05) is 13.1 Å². The largest absolute Gasteiger partial charge is 0.465 e. The molecule has 0 fully saturated rings. The first-order valence-corrected chi connectivity index (χ1v) is 5.89. The summed E-state index contributed by atoms with van der Waals surface area (Å²) >= 11 is 0. The van der Waals surface area contributed by atoms with E-state index in [-0.39, 0.29) is 18.0 Å². The second kappa shape index (κ2) is 9.55. The van der Waals surface area contributed by atoms with Gasteiger partial charge in [-0.15, -0.1) is 0 Å². The van der Waals surface area contributed by atoms with Crippen LogP contribution in [-0.4, -0.2) is 49.9 Å². The van der Waals surface area contributed by atoms with Crippen LogP contribution in [0.25, 0.3) is 0 Å². The number of ether oxygens (including phenoxy) is 2. The molecule has 20 heavy (non-hydrogen) atoms. The minimum atomic E-state index is -0.676. The van der Waals surface area contributed by atoms with Crippen molar-refractivity contribution < 1.29 is 23.9 Å². The molecule has 6 heteroatoms. The molecule has 0 spiro atoms. The summed E-state index contributed by atoms with van der Waals surface area (Å²) < 4.78 is 9.30. The second-order valence-corrected chi connectivity index (χ2v) is 3.82. The number of carbonyl (C=O) groups excluding carboxylic acids is 3. The summed E-state index contributed by atoms with van der Waals surface area (Å²) in [6, 6.07) is 0. The van der Waals surface area contributed by atoms with Crippen LogP contribution in [-0.2, 0) is 23.9 Å². The van der Waals surface area contributed by atoms with Crippen LogP contribution >= 0.6 is 0 Å². The number of carbonyl (C=O) groups is 3.